The summed E-state index contributed by atoms with van der Waals surface area (Å²) in [5.74, 6) is 2.31. The van der Waals surface area contributed by atoms with Gasteiger partial charge in [0.05, 0.1) is 80.7 Å². The number of ether oxygens (including phenoxy) is 7. The molecule has 5 aliphatic carbocycles. The van der Waals surface area contributed by atoms with Crippen LogP contribution in [0.1, 0.15) is 145 Å². The van der Waals surface area contributed by atoms with Crippen molar-refractivity contribution in [3.63, 3.8) is 0 Å². The van der Waals surface area contributed by atoms with Gasteiger partial charge in [-0.05, 0) is 169 Å². The van der Waals surface area contributed by atoms with Gasteiger partial charge >= 0.3 is 6.03 Å². The minimum absolute atomic E-state index is 0.00345. The van der Waals surface area contributed by atoms with Gasteiger partial charge in [-0.3, -0.25) is 9.69 Å². The number of aliphatic hydroxyl groups excluding tert-OH is 1. The monoisotopic (exact) mass is 1090 g/mol. The van der Waals surface area contributed by atoms with Crippen molar-refractivity contribution in [3.05, 3.63) is 0 Å². The van der Waals surface area contributed by atoms with E-state index in [9.17, 15) is 19.8 Å². The Bertz CT molecular complexity index is 1920. The summed E-state index contributed by atoms with van der Waals surface area (Å²) in [5, 5.41) is 36.8. The van der Waals surface area contributed by atoms with Crippen molar-refractivity contribution in [1.29, 1.82) is 0 Å². The molecule has 4 heterocycles. The van der Waals surface area contributed by atoms with Crippen LogP contribution in [0.15, 0.2) is 0 Å². The number of nitrogens with zero attached hydrogens (tertiary/aromatic N) is 1. The number of carbonyl (C=O) groups is 2. The van der Waals surface area contributed by atoms with Crippen LogP contribution in [0.25, 0.3) is 0 Å². The lowest BCUT2D eigenvalue weighted by atomic mass is 9.43. The number of unbranched alkanes of at least 4 members (excludes halogenated alkanes) is 1. The molecule has 0 aromatic rings. The summed E-state index contributed by atoms with van der Waals surface area (Å²) in [4.78, 5) is 26.3. The minimum Gasteiger partial charge on any atom is -0.388 e. The zero-order valence-electron chi connectivity index (χ0n) is 47.7. The van der Waals surface area contributed by atoms with Crippen molar-refractivity contribution in [1.82, 2.24) is 26.2 Å². The predicted molar refractivity (Wildman–Crippen MR) is 294 cm³/mol. The molecule has 5 saturated carbocycles. The van der Waals surface area contributed by atoms with Gasteiger partial charge in [-0.15, -0.1) is 0 Å². The van der Waals surface area contributed by atoms with Crippen LogP contribution in [-0.4, -0.2) is 190 Å². The first-order chi connectivity index (χ1) is 36.4. The quantitative estimate of drug-likeness (QED) is 0.0371. The summed E-state index contributed by atoms with van der Waals surface area (Å²) < 4.78 is 43.6. The van der Waals surface area contributed by atoms with Crippen LogP contribution < -0.4 is 27.0 Å². The molecule has 17 atom stereocenters. The van der Waals surface area contributed by atoms with E-state index < -0.39 is 23.3 Å². The van der Waals surface area contributed by atoms with Crippen LogP contribution in [-0.2, 0) is 38.0 Å². The molecule has 8 N–H and O–H groups in total. The number of nitrogens with one attached hydrogen (secondary N) is 4. The number of aliphatic hydroxyl groups is 2. The molecule has 0 bridgehead atoms. The Morgan fingerprint density at radius 1 is 0.934 bits per heavy atom. The van der Waals surface area contributed by atoms with Gasteiger partial charge in [0.25, 0.3) is 0 Å². The lowest BCUT2D eigenvalue weighted by molar-refractivity contribution is -0.246. The zero-order chi connectivity index (χ0) is 53.9. The summed E-state index contributed by atoms with van der Waals surface area (Å²) >= 11 is 1.92. The molecular formula is C58H102N6O11S. The number of nitrogens with two attached hydrogens (primary N) is 1. The number of carbonyl (C=O) groups excluding carboxylic acids is 2. The average molecular weight is 1090 g/mol. The molecule has 76 heavy (non-hydrogen) atoms. The average Bonchev–Trinajstić information content (AvgIpc) is 3.71. The Hall–Kier alpha value is -1.39. The van der Waals surface area contributed by atoms with Gasteiger partial charge < -0.3 is 70.4 Å². The molecule has 9 fully saturated rings. The molecule has 2 spiro atoms. The fraction of sp³-hybridized carbons (Fsp3) is 0.966. The number of urea groups is 1. The highest BCUT2D eigenvalue weighted by atomic mass is 32.2. The van der Waals surface area contributed by atoms with Crippen molar-refractivity contribution >= 4 is 23.7 Å². The van der Waals surface area contributed by atoms with E-state index in [0.717, 1.165) is 116 Å². The molecule has 10 unspecified atom stereocenters. The van der Waals surface area contributed by atoms with Gasteiger partial charge in [0.15, 0.2) is 6.29 Å². The number of amides is 3. The van der Waals surface area contributed by atoms with Gasteiger partial charge in [-0.2, -0.15) is 11.8 Å². The summed E-state index contributed by atoms with van der Waals surface area (Å²) in [5.41, 5.74) is 6.27. The largest absolute Gasteiger partial charge is 0.388 e. The summed E-state index contributed by atoms with van der Waals surface area (Å²) in [6.45, 7) is 25.1. The third-order valence-corrected chi connectivity index (χ3v) is 22.7. The Morgan fingerprint density at radius 3 is 2.39 bits per heavy atom. The topological polar surface area (TPSA) is 217 Å². The van der Waals surface area contributed by atoms with Crippen LogP contribution in [0.2, 0.25) is 0 Å². The third-order valence-electron chi connectivity index (χ3n) is 21.1. The number of morpholine rings is 1. The van der Waals surface area contributed by atoms with Crippen LogP contribution in [0, 0.1) is 45.3 Å². The molecule has 0 radical (unpaired) electrons. The first kappa shape index (κ1) is 59.2. The highest BCUT2D eigenvalue weighted by Crippen LogP contribution is 2.87. The van der Waals surface area contributed by atoms with E-state index in [1.54, 1.807) is 13.8 Å². The number of fused-ring (bicyclic) bond motifs is 5. The molecule has 18 heteroatoms. The van der Waals surface area contributed by atoms with Crippen LogP contribution in [0.3, 0.4) is 0 Å². The lowest BCUT2D eigenvalue weighted by Crippen LogP contribution is -2.70. The Balaban J connectivity index is 0.600. The normalized spacial score (nSPS) is 40.7. The predicted octanol–water partition coefficient (Wildman–Crippen LogP) is 5.36. The maximum Gasteiger partial charge on any atom is 0.315 e. The van der Waals surface area contributed by atoms with Crippen molar-refractivity contribution in [2.24, 2.45) is 51.1 Å². The highest BCUT2D eigenvalue weighted by Gasteiger charge is 2.85. The Labute approximate surface area is 460 Å². The summed E-state index contributed by atoms with van der Waals surface area (Å²) in [6.07, 6.45) is 12.8. The first-order valence-corrected chi connectivity index (χ1v) is 31.3. The van der Waals surface area contributed by atoms with Gasteiger partial charge in [0.2, 0.25) is 5.91 Å². The Morgan fingerprint density at radius 2 is 1.64 bits per heavy atom. The first-order valence-electron chi connectivity index (χ1n) is 30.2. The Kier molecular flexibility index (Phi) is 19.5. The number of thioether (sulfide) groups is 1. The lowest BCUT2D eigenvalue weighted by Gasteiger charge is -2.63. The molecule has 0 aromatic heterocycles. The van der Waals surface area contributed by atoms with Gasteiger partial charge in [0.1, 0.15) is 6.10 Å². The van der Waals surface area contributed by atoms with Crippen molar-refractivity contribution in [3.8, 4) is 0 Å². The molecule has 4 saturated heterocycles. The molecular weight excluding hydrogens is 989 g/mol. The van der Waals surface area contributed by atoms with E-state index in [1.165, 1.54) is 12.8 Å². The highest BCUT2D eigenvalue weighted by molar-refractivity contribution is 8.00. The fourth-order valence-corrected chi connectivity index (χ4v) is 19.2. The molecule has 436 valence electrons. The second-order valence-corrected chi connectivity index (χ2v) is 27.6. The molecule has 9 rings (SSSR count). The van der Waals surface area contributed by atoms with Crippen molar-refractivity contribution in [2.45, 2.75) is 210 Å². The molecule has 4 aliphatic heterocycles. The van der Waals surface area contributed by atoms with E-state index in [2.05, 4.69) is 53.9 Å². The van der Waals surface area contributed by atoms with Gasteiger partial charge in [-0.1, -0.05) is 34.1 Å². The smallest absolute Gasteiger partial charge is 0.315 e. The van der Waals surface area contributed by atoms with Crippen LogP contribution in [0.5, 0.6) is 0 Å². The molecule has 17 nitrogen and oxygen atoms in total. The summed E-state index contributed by atoms with van der Waals surface area (Å²) in [7, 11) is 0. The van der Waals surface area contributed by atoms with E-state index in [-0.39, 0.29) is 82.1 Å². The summed E-state index contributed by atoms with van der Waals surface area (Å²) in [6, 6.07) is 0.427. The fourth-order valence-electron chi connectivity index (χ4n) is 17.6. The van der Waals surface area contributed by atoms with Crippen LogP contribution >= 0.6 is 11.8 Å². The van der Waals surface area contributed by atoms with E-state index >= 15 is 0 Å². The van der Waals surface area contributed by atoms with Crippen molar-refractivity contribution in [2.75, 3.05) is 97.9 Å². The number of hydrogen-bond acceptors (Lipinski definition) is 15. The maximum absolute atomic E-state index is 12.6. The zero-order valence-corrected chi connectivity index (χ0v) is 48.5. The van der Waals surface area contributed by atoms with E-state index in [4.69, 9.17) is 38.9 Å². The third kappa shape index (κ3) is 11.9. The van der Waals surface area contributed by atoms with E-state index in [0.29, 0.717) is 82.9 Å². The van der Waals surface area contributed by atoms with Crippen molar-refractivity contribution < 1.29 is 53.0 Å². The van der Waals surface area contributed by atoms with Gasteiger partial charge in [-0.25, -0.2) is 4.79 Å². The minimum atomic E-state index is -1.06. The van der Waals surface area contributed by atoms with E-state index in [1.807, 2.05) is 18.7 Å². The second kappa shape index (κ2) is 25.0. The SMILES string of the molecule is CCOC(C1C[C@@H](C)[C@H]2C(O1)[C@H](O)[C@@]1(N)C3CC[C@H]4C(C)(C)C(O[C@H]5CN(CCCNCCCOCCOCCOCCCNC(=O)CCCC[C@@H]6SCC7NC(=O)NC76)CCO5)CCC45CC35CCC21C)C(C)(C)O. The number of rotatable bonds is 29. The van der Waals surface area contributed by atoms with Gasteiger partial charge in [0, 0.05) is 56.9 Å². The second-order valence-electron chi connectivity index (χ2n) is 26.3. The molecule has 0 aromatic carbocycles. The number of hydrogen-bond donors (Lipinski definition) is 7. The maximum atomic E-state index is 12.6. The standard InChI is InChI=1S/C58H102N6O11S/c1-8-72-51(54(5,6)68)40-34-38(2)47-49(74-40)50(66)58(59)43-17-16-42-53(3,4)44(18-19-56(42)37-57(43,56)21-20-55(47,58)7)75-46-35-64(26-29-73-46)25-11-22-60-23-12-27-69-30-32-71-33-31-70-28-13-24-61-45(65)15-10-9-14-41-48-39(36-76-41)62-52(67)63-48/h38-44,46-51,60,66,68H,8-37,59H2,1-7H3,(H,61,65)(H2,62,63,67)/t38-,39?,40?,41+,42+,43?,44?,46+,47+,48?,49?,50+,51?,55?,56?,57?,58+/m1/s1. The molecule has 3 amide bonds. The molecule has 9 aliphatic rings. The van der Waals surface area contributed by atoms with Crippen LogP contribution in [0.4, 0.5) is 4.79 Å².